The molecule has 0 aliphatic carbocycles. The average Bonchev–Trinajstić information content (AvgIpc) is 1.85. The lowest BCUT2D eigenvalue weighted by Crippen LogP contribution is -2.28. The summed E-state index contributed by atoms with van der Waals surface area (Å²) in [5.74, 6) is -1.47. The number of primary amides is 1. The number of nitrogens with two attached hydrogens (primary N) is 1. The van der Waals surface area contributed by atoms with Gasteiger partial charge in [-0.15, -0.1) is 0 Å². The minimum absolute atomic E-state index is 0.0595. The minimum atomic E-state index is -1.01. The second-order valence-electron chi connectivity index (χ2n) is 1.84. The Morgan fingerprint density at radius 2 is 2.18 bits per heavy atom. The summed E-state index contributed by atoms with van der Waals surface area (Å²) >= 11 is 0. The van der Waals surface area contributed by atoms with E-state index in [0.717, 1.165) is 6.08 Å². The number of carbonyl (C=O) groups is 2. The van der Waals surface area contributed by atoms with Gasteiger partial charge in [0.2, 0.25) is 5.91 Å². The van der Waals surface area contributed by atoms with Crippen molar-refractivity contribution in [3.05, 3.63) is 12.2 Å². The van der Waals surface area contributed by atoms with Crippen LogP contribution in [-0.2, 0) is 9.59 Å². The average molecular weight is 158 g/mol. The van der Waals surface area contributed by atoms with Crippen molar-refractivity contribution in [2.75, 3.05) is 13.1 Å². The molecule has 0 atom stereocenters. The van der Waals surface area contributed by atoms with Gasteiger partial charge in [0, 0.05) is 12.6 Å². The van der Waals surface area contributed by atoms with Crippen molar-refractivity contribution in [2.45, 2.75) is 0 Å². The Morgan fingerprint density at radius 3 is 2.64 bits per heavy atom. The zero-order valence-corrected chi connectivity index (χ0v) is 5.91. The first-order valence-corrected chi connectivity index (χ1v) is 3.01. The van der Waals surface area contributed by atoms with Gasteiger partial charge >= 0.3 is 5.97 Å². The van der Waals surface area contributed by atoms with Crippen LogP contribution in [0.1, 0.15) is 0 Å². The fraction of sp³-hybridized carbons (Fsp3) is 0.333. The Balaban J connectivity index is 3.27. The van der Waals surface area contributed by atoms with Crippen LogP contribution in [0.4, 0.5) is 0 Å². The Kier molecular flexibility index (Phi) is 4.76. The van der Waals surface area contributed by atoms with E-state index >= 15 is 0 Å². The molecule has 4 N–H and O–H groups in total. The lowest BCUT2D eigenvalue weighted by Gasteiger charge is -1.93. The van der Waals surface area contributed by atoms with E-state index in [-0.39, 0.29) is 6.54 Å². The van der Waals surface area contributed by atoms with E-state index in [0.29, 0.717) is 6.54 Å². The van der Waals surface area contributed by atoms with Crippen molar-refractivity contribution < 1.29 is 14.7 Å². The molecule has 11 heavy (non-hydrogen) atoms. The zero-order valence-electron chi connectivity index (χ0n) is 5.91. The number of amides is 1. The number of carboxylic acids is 1. The van der Waals surface area contributed by atoms with Gasteiger partial charge in [0.15, 0.2) is 0 Å². The predicted molar refractivity (Wildman–Crippen MR) is 38.8 cm³/mol. The molecule has 5 nitrogen and oxygen atoms in total. The van der Waals surface area contributed by atoms with Gasteiger partial charge in [0.1, 0.15) is 0 Å². The van der Waals surface area contributed by atoms with Crippen LogP contribution >= 0.6 is 0 Å². The molecule has 1 amide bonds. The summed E-state index contributed by atoms with van der Waals surface area (Å²) in [5.41, 5.74) is 4.79. The predicted octanol–water partition coefficient (Wildman–Crippen LogP) is -1.30. The summed E-state index contributed by atoms with van der Waals surface area (Å²) in [4.78, 5) is 20.0. The van der Waals surface area contributed by atoms with Crippen LogP contribution in [0.2, 0.25) is 0 Å². The van der Waals surface area contributed by atoms with E-state index in [1.54, 1.807) is 0 Å². The van der Waals surface area contributed by atoms with E-state index < -0.39 is 11.9 Å². The highest BCUT2D eigenvalue weighted by Crippen LogP contribution is 1.69. The third kappa shape index (κ3) is 8.64. The molecule has 62 valence electrons. The van der Waals surface area contributed by atoms with E-state index in [1.807, 2.05) is 0 Å². The quantitative estimate of drug-likeness (QED) is 0.342. The lowest BCUT2D eigenvalue weighted by atomic mass is 10.5. The largest absolute Gasteiger partial charge is 0.478 e. The second kappa shape index (κ2) is 5.43. The molecule has 5 heteroatoms. The summed E-state index contributed by atoms with van der Waals surface area (Å²) in [6, 6.07) is 0. The molecule has 0 aromatic heterocycles. The maximum atomic E-state index is 10.1. The molecule has 0 saturated carbocycles. The molecule has 0 radical (unpaired) electrons. The maximum Gasteiger partial charge on any atom is 0.328 e. The summed E-state index contributed by atoms with van der Waals surface area (Å²) in [6.45, 7) is 0.388. The highest BCUT2D eigenvalue weighted by Gasteiger charge is 1.89. The Morgan fingerprint density at radius 1 is 1.55 bits per heavy atom. The number of nitrogens with one attached hydrogen (secondary N) is 1. The standard InChI is InChI=1S/C6H10N2O3/c7-5(9)4-8-3-1-2-6(10)11/h1-2,8H,3-4H2,(H2,7,9)(H,10,11)/b2-1+. The Hall–Kier alpha value is -1.36. The van der Waals surface area contributed by atoms with E-state index in [4.69, 9.17) is 10.8 Å². The SMILES string of the molecule is NC(=O)CNC/C=C/C(=O)O. The van der Waals surface area contributed by atoms with Gasteiger partial charge in [0.25, 0.3) is 0 Å². The number of rotatable bonds is 5. The van der Waals surface area contributed by atoms with Crippen molar-refractivity contribution in [1.29, 1.82) is 0 Å². The maximum absolute atomic E-state index is 10.1. The number of carboxylic acid groups (broad SMARTS) is 1. The van der Waals surface area contributed by atoms with Crippen LogP contribution in [0.5, 0.6) is 0 Å². The topological polar surface area (TPSA) is 92.4 Å². The van der Waals surface area contributed by atoms with Crippen molar-refractivity contribution in [3.63, 3.8) is 0 Å². The molecule has 0 saturated heterocycles. The third-order valence-electron chi connectivity index (χ3n) is 0.822. The molecule has 0 aromatic rings. The Bertz CT molecular complexity index is 177. The zero-order chi connectivity index (χ0) is 8.69. The molecule has 0 rings (SSSR count). The third-order valence-corrected chi connectivity index (χ3v) is 0.822. The first-order valence-electron chi connectivity index (χ1n) is 3.01. The van der Waals surface area contributed by atoms with Gasteiger partial charge in [-0.1, -0.05) is 6.08 Å². The van der Waals surface area contributed by atoms with Gasteiger partial charge in [0.05, 0.1) is 6.54 Å². The van der Waals surface area contributed by atoms with Gasteiger partial charge in [-0.2, -0.15) is 0 Å². The van der Waals surface area contributed by atoms with Crippen molar-refractivity contribution in [1.82, 2.24) is 5.32 Å². The van der Waals surface area contributed by atoms with Gasteiger partial charge in [-0.3, -0.25) is 4.79 Å². The van der Waals surface area contributed by atoms with Crippen LogP contribution in [0.15, 0.2) is 12.2 Å². The van der Waals surface area contributed by atoms with Gasteiger partial charge in [-0.25, -0.2) is 4.79 Å². The normalized spacial score (nSPS) is 10.2. The molecule has 0 unspecified atom stereocenters. The smallest absolute Gasteiger partial charge is 0.328 e. The fourth-order valence-corrected chi connectivity index (χ4v) is 0.438. The number of hydrogen-bond donors (Lipinski definition) is 3. The summed E-state index contributed by atoms with van der Waals surface area (Å²) in [5, 5.41) is 10.7. The van der Waals surface area contributed by atoms with E-state index in [9.17, 15) is 9.59 Å². The highest BCUT2D eigenvalue weighted by atomic mass is 16.4. The molecule has 0 aliphatic rings. The molecular formula is C6H10N2O3. The highest BCUT2D eigenvalue weighted by molar-refractivity contribution is 5.79. The summed E-state index contributed by atoms with van der Waals surface area (Å²) in [7, 11) is 0. The van der Waals surface area contributed by atoms with Crippen LogP contribution in [-0.4, -0.2) is 30.1 Å². The minimum Gasteiger partial charge on any atom is -0.478 e. The summed E-state index contributed by atoms with van der Waals surface area (Å²) < 4.78 is 0. The van der Waals surface area contributed by atoms with Crippen molar-refractivity contribution in [2.24, 2.45) is 5.73 Å². The molecule has 0 aromatic carbocycles. The fourth-order valence-electron chi connectivity index (χ4n) is 0.438. The lowest BCUT2D eigenvalue weighted by molar-refractivity contribution is -0.131. The van der Waals surface area contributed by atoms with Crippen LogP contribution in [0.25, 0.3) is 0 Å². The monoisotopic (exact) mass is 158 g/mol. The van der Waals surface area contributed by atoms with E-state index in [1.165, 1.54) is 6.08 Å². The van der Waals surface area contributed by atoms with E-state index in [2.05, 4.69) is 5.32 Å². The van der Waals surface area contributed by atoms with Gasteiger partial charge < -0.3 is 16.2 Å². The van der Waals surface area contributed by atoms with Crippen molar-refractivity contribution in [3.8, 4) is 0 Å². The Labute approximate surface area is 63.9 Å². The molecule has 0 heterocycles. The van der Waals surface area contributed by atoms with Gasteiger partial charge in [-0.05, 0) is 0 Å². The van der Waals surface area contributed by atoms with Crippen LogP contribution in [0, 0.1) is 0 Å². The van der Waals surface area contributed by atoms with Crippen molar-refractivity contribution >= 4 is 11.9 Å². The number of aliphatic carboxylic acids is 1. The first kappa shape index (κ1) is 9.64. The second-order valence-corrected chi connectivity index (χ2v) is 1.84. The molecule has 0 fully saturated rings. The molecule has 0 bridgehead atoms. The van der Waals surface area contributed by atoms with Crippen LogP contribution < -0.4 is 11.1 Å². The summed E-state index contributed by atoms with van der Waals surface area (Å²) in [6.07, 6.45) is 2.39. The number of carbonyl (C=O) groups excluding carboxylic acids is 1. The molecule has 0 spiro atoms. The molecule has 0 aliphatic heterocycles. The first-order chi connectivity index (χ1) is 5.13. The molecular weight excluding hydrogens is 148 g/mol. The van der Waals surface area contributed by atoms with Crippen LogP contribution in [0.3, 0.4) is 0 Å². The number of hydrogen-bond acceptors (Lipinski definition) is 3.